The standard InChI is InChI=1S/C12H11F3N4O2/c1-21-11-17-10(18-19-11)16-9(20)6-7-2-4-8(5-3-7)12(13,14)15/h2-5H,6H2,1H3,(H2,16,17,18,19,20). The normalized spacial score (nSPS) is 11.2. The Morgan fingerprint density at radius 2 is 2.00 bits per heavy atom. The zero-order chi connectivity index (χ0) is 15.5. The first-order valence-corrected chi connectivity index (χ1v) is 5.81. The number of carbonyl (C=O) groups is 1. The van der Waals surface area contributed by atoms with Gasteiger partial charge in [-0.15, -0.1) is 5.10 Å². The lowest BCUT2D eigenvalue weighted by molar-refractivity contribution is -0.137. The fraction of sp³-hybridized carbons (Fsp3) is 0.250. The van der Waals surface area contributed by atoms with Gasteiger partial charge < -0.3 is 4.74 Å². The Morgan fingerprint density at radius 3 is 2.52 bits per heavy atom. The highest BCUT2D eigenvalue weighted by molar-refractivity contribution is 5.90. The molecular formula is C12H11F3N4O2. The number of anilines is 1. The molecule has 0 aliphatic rings. The van der Waals surface area contributed by atoms with Gasteiger partial charge in [0.15, 0.2) is 0 Å². The first kappa shape index (κ1) is 14.8. The number of methoxy groups -OCH3 is 1. The second kappa shape index (κ2) is 5.81. The Labute approximate surface area is 117 Å². The summed E-state index contributed by atoms with van der Waals surface area (Å²) in [4.78, 5) is 15.5. The zero-order valence-corrected chi connectivity index (χ0v) is 10.9. The molecule has 112 valence electrons. The highest BCUT2D eigenvalue weighted by atomic mass is 19.4. The van der Waals surface area contributed by atoms with Crippen molar-refractivity contribution < 1.29 is 22.7 Å². The van der Waals surface area contributed by atoms with Gasteiger partial charge in [-0.05, 0) is 17.7 Å². The molecule has 1 aromatic heterocycles. The number of halogens is 3. The third kappa shape index (κ3) is 3.94. The molecule has 1 aromatic carbocycles. The maximum Gasteiger partial charge on any atom is 0.416 e. The van der Waals surface area contributed by atoms with E-state index in [1.54, 1.807) is 0 Å². The van der Waals surface area contributed by atoms with Gasteiger partial charge in [0.05, 0.1) is 19.1 Å². The second-order valence-electron chi connectivity index (χ2n) is 4.09. The monoisotopic (exact) mass is 300 g/mol. The smallest absolute Gasteiger partial charge is 0.416 e. The van der Waals surface area contributed by atoms with Crippen molar-refractivity contribution >= 4 is 11.9 Å². The number of ether oxygens (including phenoxy) is 1. The van der Waals surface area contributed by atoms with Crippen LogP contribution in [0, 0.1) is 0 Å². The molecule has 0 aliphatic carbocycles. The number of alkyl halides is 3. The molecule has 0 saturated heterocycles. The number of rotatable bonds is 4. The molecule has 0 spiro atoms. The van der Waals surface area contributed by atoms with Crippen LogP contribution >= 0.6 is 0 Å². The van der Waals surface area contributed by atoms with Crippen LogP contribution in [-0.2, 0) is 17.4 Å². The first-order chi connectivity index (χ1) is 9.88. The third-order valence-electron chi connectivity index (χ3n) is 2.55. The van der Waals surface area contributed by atoms with E-state index in [1.165, 1.54) is 19.2 Å². The van der Waals surface area contributed by atoms with Crippen molar-refractivity contribution in [2.45, 2.75) is 12.6 Å². The van der Waals surface area contributed by atoms with E-state index in [4.69, 9.17) is 4.74 Å². The Kier molecular flexibility index (Phi) is 4.10. The zero-order valence-electron chi connectivity index (χ0n) is 10.9. The van der Waals surface area contributed by atoms with Gasteiger partial charge in [-0.1, -0.05) is 12.1 Å². The minimum atomic E-state index is -4.39. The van der Waals surface area contributed by atoms with Gasteiger partial charge in [-0.25, -0.2) is 5.10 Å². The molecule has 2 aromatic rings. The van der Waals surface area contributed by atoms with E-state index in [-0.39, 0.29) is 18.4 Å². The molecule has 0 bridgehead atoms. The molecule has 21 heavy (non-hydrogen) atoms. The highest BCUT2D eigenvalue weighted by Gasteiger charge is 2.29. The summed E-state index contributed by atoms with van der Waals surface area (Å²) < 4.78 is 41.9. The third-order valence-corrected chi connectivity index (χ3v) is 2.55. The van der Waals surface area contributed by atoms with Gasteiger partial charge in [0, 0.05) is 0 Å². The van der Waals surface area contributed by atoms with Crippen LogP contribution in [0.2, 0.25) is 0 Å². The minimum absolute atomic E-state index is 0.0693. The number of aromatic amines is 1. The molecule has 0 unspecified atom stereocenters. The van der Waals surface area contributed by atoms with E-state index in [2.05, 4.69) is 20.5 Å². The lowest BCUT2D eigenvalue weighted by Crippen LogP contribution is -2.15. The fourth-order valence-electron chi connectivity index (χ4n) is 1.57. The molecule has 9 heteroatoms. The van der Waals surface area contributed by atoms with Crippen molar-refractivity contribution in [3.05, 3.63) is 35.4 Å². The number of carbonyl (C=O) groups excluding carboxylic acids is 1. The first-order valence-electron chi connectivity index (χ1n) is 5.81. The highest BCUT2D eigenvalue weighted by Crippen LogP contribution is 2.29. The number of aromatic nitrogens is 3. The Morgan fingerprint density at radius 1 is 1.33 bits per heavy atom. The quantitative estimate of drug-likeness (QED) is 0.905. The molecule has 2 rings (SSSR count). The molecule has 6 nitrogen and oxygen atoms in total. The Hall–Kier alpha value is -2.58. The average Bonchev–Trinajstić information content (AvgIpc) is 2.85. The van der Waals surface area contributed by atoms with Gasteiger partial charge in [0.2, 0.25) is 11.9 Å². The second-order valence-corrected chi connectivity index (χ2v) is 4.09. The van der Waals surface area contributed by atoms with Crippen LogP contribution in [0.15, 0.2) is 24.3 Å². The van der Waals surface area contributed by atoms with Gasteiger partial charge in [0.25, 0.3) is 0 Å². The molecule has 0 saturated carbocycles. The van der Waals surface area contributed by atoms with Crippen LogP contribution in [0.5, 0.6) is 6.01 Å². The van der Waals surface area contributed by atoms with Crippen LogP contribution in [0.4, 0.5) is 19.1 Å². The van der Waals surface area contributed by atoms with Crippen molar-refractivity contribution in [2.24, 2.45) is 0 Å². The van der Waals surface area contributed by atoms with Crippen LogP contribution in [-0.4, -0.2) is 28.2 Å². The largest absolute Gasteiger partial charge is 0.466 e. The number of amides is 1. The summed E-state index contributed by atoms with van der Waals surface area (Å²) in [7, 11) is 1.37. The van der Waals surface area contributed by atoms with E-state index in [9.17, 15) is 18.0 Å². The number of hydrogen-bond acceptors (Lipinski definition) is 4. The molecule has 0 aliphatic heterocycles. The molecule has 2 N–H and O–H groups in total. The minimum Gasteiger partial charge on any atom is -0.466 e. The summed E-state index contributed by atoms with van der Waals surface area (Å²) in [6.45, 7) is 0. The number of nitrogens with zero attached hydrogens (tertiary/aromatic N) is 2. The summed E-state index contributed by atoms with van der Waals surface area (Å²) in [5.41, 5.74) is -0.307. The van der Waals surface area contributed by atoms with Crippen molar-refractivity contribution in [3.63, 3.8) is 0 Å². The van der Waals surface area contributed by atoms with E-state index in [0.29, 0.717) is 5.56 Å². The predicted octanol–water partition coefficient (Wildman–Crippen LogP) is 2.01. The number of nitrogens with one attached hydrogen (secondary N) is 2. The summed E-state index contributed by atoms with van der Waals surface area (Å²) >= 11 is 0. The van der Waals surface area contributed by atoms with Crippen LogP contribution in [0.3, 0.4) is 0 Å². The summed E-state index contributed by atoms with van der Waals surface area (Å²) in [6.07, 6.45) is -4.47. The topological polar surface area (TPSA) is 79.9 Å². The fourth-order valence-corrected chi connectivity index (χ4v) is 1.57. The maximum atomic E-state index is 12.4. The molecule has 0 atom stereocenters. The number of benzene rings is 1. The van der Waals surface area contributed by atoms with Crippen molar-refractivity contribution in [1.29, 1.82) is 0 Å². The summed E-state index contributed by atoms with van der Waals surface area (Å²) in [6, 6.07) is 4.44. The van der Waals surface area contributed by atoms with Crippen LogP contribution in [0.25, 0.3) is 0 Å². The SMILES string of the molecule is COc1n[nH]c(NC(=O)Cc2ccc(C(F)(F)F)cc2)n1. The van der Waals surface area contributed by atoms with Crippen molar-refractivity contribution in [2.75, 3.05) is 12.4 Å². The number of hydrogen-bond donors (Lipinski definition) is 2. The van der Waals surface area contributed by atoms with E-state index in [1.807, 2.05) is 0 Å². The predicted molar refractivity (Wildman–Crippen MR) is 66.7 cm³/mol. The van der Waals surface area contributed by atoms with E-state index < -0.39 is 17.6 Å². The van der Waals surface area contributed by atoms with Crippen LogP contribution < -0.4 is 10.1 Å². The lowest BCUT2D eigenvalue weighted by Gasteiger charge is -2.07. The van der Waals surface area contributed by atoms with Crippen molar-refractivity contribution in [1.82, 2.24) is 15.2 Å². The Bertz CT molecular complexity index is 622. The van der Waals surface area contributed by atoms with Crippen LogP contribution in [0.1, 0.15) is 11.1 Å². The van der Waals surface area contributed by atoms with Crippen molar-refractivity contribution in [3.8, 4) is 6.01 Å². The van der Waals surface area contributed by atoms with Gasteiger partial charge in [-0.2, -0.15) is 18.2 Å². The molecular weight excluding hydrogens is 289 g/mol. The van der Waals surface area contributed by atoms with Gasteiger partial charge >= 0.3 is 12.2 Å². The average molecular weight is 300 g/mol. The molecule has 0 radical (unpaired) electrons. The number of H-pyrrole nitrogens is 1. The summed E-state index contributed by atoms with van der Waals surface area (Å²) in [5, 5.41) is 8.49. The van der Waals surface area contributed by atoms with Gasteiger partial charge in [-0.3, -0.25) is 10.1 Å². The summed E-state index contributed by atoms with van der Waals surface area (Å²) in [5.74, 6) is -0.336. The Balaban J connectivity index is 1.96. The molecule has 1 heterocycles. The lowest BCUT2D eigenvalue weighted by atomic mass is 10.1. The van der Waals surface area contributed by atoms with E-state index in [0.717, 1.165) is 12.1 Å². The maximum absolute atomic E-state index is 12.4. The van der Waals surface area contributed by atoms with E-state index >= 15 is 0 Å². The molecule has 1 amide bonds. The van der Waals surface area contributed by atoms with Gasteiger partial charge in [0.1, 0.15) is 0 Å². The molecule has 0 fully saturated rings.